The maximum Gasteiger partial charge on any atom is 0.412 e. The second-order valence-electron chi connectivity index (χ2n) is 15.0. The number of carboxylic acid groups (broad SMARTS) is 1. The zero-order chi connectivity index (χ0) is 38.6. The van der Waals surface area contributed by atoms with Crippen molar-refractivity contribution in [2.24, 2.45) is 0 Å². The monoisotopic (exact) mass is 785 g/mol. The summed E-state index contributed by atoms with van der Waals surface area (Å²) in [5.41, 5.74) is -1.15. The minimum Gasteiger partial charge on any atom is -0.465 e. The molecule has 17 heteroatoms. The average Bonchev–Trinajstić information content (AvgIpc) is 3.59. The molecule has 286 valence electrons. The van der Waals surface area contributed by atoms with E-state index in [4.69, 9.17) is 26.1 Å². The fourth-order valence-corrected chi connectivity index (χ4v) is 9.09. The molecular weight excluding hydrogens is 747 g/mol. The lowest BCUT2D eigenvalue weighted by Crippen LogP contribution is -2.55. The van der Waals surface area contributed by atoms with Crippen molar-refractivity contribution in [2.75, 3.05) is 42.9 Å². The zero-order valence-electron chi connectivity index (χ0n) is 30.1. The summed E-state index contributed by atoms with van der Waals surface area (Å²) >= 11 is 7.71. The molecule has 5 heterocycles. The molecule has 2 aromatic heterocycles. The van der Waals surface area contributed by atoms with Gasteiger partial charge in [-0.15, -0.1) is 11.3 Å². The lowest BCUT2D eigenvalue weighted by molar-refractivity contribution is 0.0636. The van der Waals surface area contributed by atoms with E-state index >= 15 is 8.78 Å². The molecule has 2 amide bonds. The SMILES string of the molecule is C[C@@H](CN1CCC(F)CC1)Oc1nc(N2CC3CCC(C2)N3C(=O)O)c2cc(Cl)c(-c3ccc(F)c4sc(NC(=O)OC(C)(C)C)c(C#N)c34)c(F)c2n1. The van der Waals surface area contributed by atoms with E-state index < -0.39 is 41.7 Å². The van der Waals surface area contributed by atoms with Crippen LogP contribution in [0.25, 0.3) is 32.1 Å². The topological polar surface area (TPSA) is 144 Å². The summed E-state index contributed by atoms with van der Waals surface area (Å²) in [6.45, 7) is 9.05. The fraction of sp³-hybridized carbons (Fsp3) is 0.486. The highest BCUT2D eigenvalue weighted by molar-refractivity contribution is 7.23. The third-order valence-electron chi connectivity index (χ3n) is 9.97. The summed E-state index contributed by atoms with van der Waals surface area (Å²) in [6.07, 6.45) is -0.958. The molecule has 3 atom stereocenters. The van der Waals surface area contributed by atoms with Gasteiger partial charge >= 0.3 is 18.2 Å². The highest BCUT2D eigenvalue weighted by atomic mass is 35.5. The first-order valence-corrected chi connectivity index (χ1v) is 19.0. The van der Waals surface area contributed by atoms with Crippen LogP contribution >= 0.6 is 22.9 Å². The maximum absolute atomic E-state index is 17.2. The van der Waals surface area contributed by atoms with Crippen LogP contribution in [0.4, 0.5) is 33.6 Å². The van der Waals surface area contributed by atoms with Gasteiger partial charge in [-0.05, 0) is 71.1 Å². The molecule has 2 aromatic carbocycles. The molecule has 2 N–H and O–H groups in total. The molecule has 0 radical (unpaired) electrons. The van der Waals surface area contributed by atoms with Crippen LogP contribution < -0.4 is 15.0 Å². The average molecular weight is 786 g/mol. The molecule has 7 rings (SSSR count). The standard InChI is InChI=1S/C37H39ClF3N7O5S/c1-18(15-46-11-9-19(39)10-12-46)52-34-43-30-23(32(44-34)47-16-20-5-6-21(17-47)48(20)36(50)51)13-25(38)28(29(30)41)22-7-8-26(40)31-27(22)24(14-42)33(54-31)45-35(49)53-37(2,3)4/h7-8,13,18-21H,5-6,9-12,15-17H2,1-4H3,(H,45,49)(H,50,51)/t18-,20?,21?/m0/s1. The number of piperidine rings is 1. The van der Waals surface area contributed by atoms with Crippen LogP contribution in [-0.2, 0) is 4.74 Å². The summed E-state index contributed by atoms with van der Waals surface area (Å²) in [7, 11) is 0. The molecule has 2 unspecified atom stereocenters. The van der Waals surface area contributed by atoms with Gasteiger partial charge in [-0.2, -0.15) is 15.2 Å². The van der Waals surface area contributed by atoms with Gasteiger partial charge in [0.25, 0.3) is 0 Å². The minimum absolute atomic E-state index is 0.00420. The Morgan fingerprint density at radius 1 is 1.15 bits per heavy atom. The van der Waals surface area contributed by atoms with Gasteiger partial charge in [0.05, 0.1) is 27.4 Å². The van der Waals surface area contributed by atoms with Gasteiger partial charge in [0.1, 0.15) is 46.1 Å². The Kier molecular flexibility index (Phi) is 10.2. The highest BCUT2D eigenvalue weighted by Crippen LogP contribution is 2.47. The highest BCUT2D eigenvalue weighted by Gasteiger charge is 2.44. The Balaban J connectivity index is 1.34. The number of nitrogens with one attached hydrogen (secondary N) is 1. The number of amides is 2. The van der Waals surface area contributed by atoms with Crippen LogP contribution in [0.3, 0.4) is 0 Å². The van der Waals surface area contributed by atoms with Gasteiger partial charge in [0, 0.05) is 49.1 Å². The van der Waals surface area contributed by atoms with Crippen LogP contribution in [0.1, 0.15) is 58.9 Å². The number of fused-ring (bicyclic) bond motifs is 4. The first-order chi connectivity index (χ1) is 25.6. The number of hydrogen-bond acceptors (Lipinski definition) is 10. The van der Waals surface area contributed by atoms with Gasteiger partial charge < -0.3 is 19.5 Å². The summed E-state index contributed by atoms with van der Waals surface area (Å²) in [4.78, 5) is 39.5. The quantitative estimate of drug-likeness (QED) is 0.188. The van der Waals surface area contributed by atoms with E-state index in [-0.39, 0.29) is 65.8 Å². The lowest BCUT2D eigenvalue weighted by atomic mass is 9.97. The van der Waals surface area contributed by atoms with E-state index in [0.717, 1.165) is 17.4 Å². The maximum atomic E-state index is 17.2. The van der Waals surface area contributed by atoms with Crippen LogP contribution in [0.5, 0.6) is 6.01 Å². The summed E-state index contributed by atoms with van der Waals surface area (Å²) in [5.74, 6) is -1.25. The molecule has 3 fully saturated rings. The van der Waals surface area contributed by atoms with Crippen molar-refractivity contribution in [3.8, 4) is 23.2 Å². The van der Waals surface area contributed by atoms with E-state index in [1.807, 2.05) is 17.9 Å². The number of nitrogens with zero attached hydrogens (tertiary/aromatic N) is 6. The van der Waals surface area contributed by atoms with E-state index in [9.17, 15) is 24.3 Å². The summed E-state index contributed by atoms with van der Waals surface area (Å²) in [5, 5.41) is 22.9. The first kappa shape index (κ1) is 37.7. The van der Waals surface area contributed by atoms with Gasteiger partial charge in [-0.3, -0.25) is 15.1 Å². The van der Waals surface area contributed by atoms with Crippen LogP contribution in [0, 0.1) is 23.0 Å². The van der Waals surface area contributed by atoms with Crippen LogP contribution in [-0.4, -0.2) is 99.7 Å². The van der Waals surface area contributed by atoms with Crippen molar-refractivity contribution in [2.45, 2.75) is 83.3 Å². The van der Waals surface area contributed by atoms with Crippen molar-refractivity contribution in [3.05, 3.63) is 40.4 Å². The molecule has 3 aliphatic rings. The molecule has 0 spiro atoms. The summed E-state index contributed by atoms with van der Waals surface area (Å²) in [6, 6.07) is 5.28. The first-order valence-electron chi connectivity index (χ1n) is 17.8. The Morgan fingerprint density at radius 3 is 2.46 bits per heavy atom. The molecule has 54 heavy (non-hydrogen) atoms. The minimum atomic E-state index is -0.997. The molecule has 12 nitrogen and oxygen atoms in total. The Labute approximate surface area is 318 Å². The summed E-state index contributed by atoms with van der Waals surface area (Å²) < 4.78 is 58.0. The second-order valence-corrected chi connectivity index (χ2v) is 16.4. The van der Waals surface area contributed by atoms with E-state index in [0.29, 0.717) is 64.2 Å². The Bertz CT molecular complexity index is 2170. The largest absolute Gasteiger partial charge is 0.465 e. The van der Waals surface area contributed by atoms with Gasteiger partial charge in [0.2, 0.25) is 0 Å². The van der Waals surface area contributed by atoms with E-state index in [2.05, 4.69) is 15.2 Å². The lowest BCUT2D eigenvalue weighted by Gasteiger charge is -2.40. The molecule has 0 saturated carbocycles. The number of thiophene rings is 1. The predicted octanol–water partition coefficient (Wildman–Crippen LogP) is 8.19. The number of benzene rings is 2. The van der Waals surface area contributed by atoms with E-state index in [1.54, 1.807) is 20.8 Å². The number of carbonyl (C=O) groups excluding carboxylic acids is 1. The number of carbonyl (C=O) groups is 2. The molecule has 0 aliphatic carbocycles. The number of halogens is 4. The normalized spacial score (nSPS) is 20.0. The Morgan fingerprint density at radius 2 is 1.83 bits per heavy atom. The molecule has 3 aliphatic heterocycles. The number of nitriles is 1. The molecule has 2 bridgehead atoms. The van der Waals surface area contributed by atoms with Crippen molar-refractivity contribution < 1.29 is 37.3 Å². The number of anilines is 2. The van der Waals surface area contributed by atoms with Crippen LogP contribution in [0.15, 0.2) is 18.2 Å². The van der Waals surface area contributed by atoms with Crippen molar-refractivity contribution in [1.29, 1.82) is 5.26 Å². The molecule has 3 saturated heterocycles. The van der Waals surface area contributed by atoms with Crippen molar-refractivity contribution in [1.82, 2.24) is 19.8 Å². The van der Waals surface area contributed by atoms with Crippen molar-refractivity contribution >= 4 is 66.9 Å². The zero-order valence-corrected chi connectivity index (χ0v) is 31.7. The number of piperazine rings is 1. The number of rotatable bonds is 7. The smallest absolute Gasteiger partial charge is 0.412 e. The number of aromatic nitrogens is 2. The van der Waals surface area contributed by atoms with E-state index in [1.165, 1.54) is 17.0 Å². The van der Waals surface area contributed by atoms with Gasteiger partial charge in [0.15, 0.2) is 5.82 Å². The fourth-order valence-electron chi connectivity index (χ4n) is 7.72. The van der Waals surface area contributed by atoms with Gasteiger partial charge in [-0.25, -0.2) is 22.8 Å². The molecule has 4 aromatic rings. The number of alkyl halides is 1. The third kappa shape index (κ3) is 7.28. The second kappa shape index (κ2) is 14.6. The van der Waals surface area contributed by atoms with Gasteiger partial charge in [-0.1, -0.05) is 17.7 Å². The van der Waals surface area contributed by atoms with Crippen molar-refractivity contribution in [3.63, 3.8) is 0 Å². The number of hydrogen-bond donors (Lipinski definition) is 2. The Hall–Kier alpha value is -4.59. The third-order valence-corrected chi connectivity index (χ3v) is 11.4. The predicted molar refractivity (Wildman–Crippen MR) is 199 cm³/mol. The van der Waals surface area contributed by atoms with Crippen LogP contribution in [0.2, 0.25) is 5.02 Å². The number of ether oxygens (including phenoxy) is 2. The number of likely N-dealkylation sites (tertiary alicyclic amines) is 1. The molecular formula is C37H39ClF3N7O5S.